The normalized spacial score (nSPS) is 12.8. The Kier molecular flexibility index (Phi) is 54.4. The van der Waals surface area contributed by atoms with E-state index in [-0.39, 0.29) is 31.1 Å². The maximum atomic E-state index is 12.9. The molecule has 0 amide bonds. The minimum absolute atomic E-state index is 0.0622. The molecule has 3 atom stereocenters. The van der Waals surface area contributed by atoms with Crippen LogP contribution in [0.25, 0.3) is 0 Å². The van der Waals surface area contributed by atoms with E-state index in [1.807, 2.05) is 0 Å². The van der Waals surface area contributed by atoms with Crippen molar-refractivity contribution in [3.63, 3.8) is 0 Å². The largest absolute Gasteiger partial charge is 0.462 e. The van der Waals surface area contributed by atoms with Gasteiger partial charge in [0, 0.05) is 19.3 Å². The summed E-state index contributed by atoms with van der Waals surface area (Å²) >= 11 is 0. The third kappa shape index (κ3) is 54.0. The summed E-state index contributed by atoms with van der Waals surface area (Å²) in [5, 5.41) is 0. The van der Waals surface area contributed by atoms with Gasteiger partial charge in [-0.1, -0.05) is 317 Å². The molecule has 0 rings (SSSR count). The van der Waals surface area contributed by atoms with Crippen molar-refractivity contribution in [3.8, 4) is 0 Å². The molecule has 0 radical (unpaired) electrons. The summed E-state index contributed by atoms with van der Waals surface area (Å²) in [6.45, 7) is 11.5. The number of carbonyl (C=O) groups is 3. The average molecular weight is 976 g/mol. The summed E-state index contributed by atoms with van der Waals surface area (Å²) in [7, 11) is 0. The zero-order valence-electron chi connectivity index (χ0n) is 47.5. The van der Waals surface area contributed by atoms with Gasteiger partial charge < -0.3 is 14.2 Å². The van der Waals surface area contributed by atoms with E-state index in [0.29, 0.717) is 19.3 Å². The zero-order chi connectivity index (χ0) is 50.4. The van der Waals surface area contributed by atoms with Crippen LogP contribution in [-0.2, 0) is 28.6 Å². The molecule has 6 heteroatoms. The van der Waals surface area contributed by atoms with Gasteiger partial charge in [-0.2, -0.15) is 0 Å². The second-order valence-corrected chi connectivity index (χ2v) is 22.2. The van der Waals surface area contributed by atoms with E-state index in [9.17, 15) is 14.4 Å². The molecule has 0 fully saturated rings. The second kappa shape index (κ2) is 55.7. The third-order valence-corrected chi connectivity index (χ3v) is 15.2. The lowest BCUT2D eigenvalue weighted by atomic mass is 9.99. The first kappa shape index (κ1) is 67.4. The van der Waals surface area contributed by atoms with Crippen LogP contribution in [0.2, 0.25) is 0 Å². The predicted octanol–water partition coefficient (Wildman–Crippen LogP) is 20.8. The highest BCUT2D eigenvalue weighted by Crippen LogP contribution is 2.19. The summed E-state index contributed by atoms with van der Waals surface area (Å²) in [4.78, 5) is 38.2. The SMILES string of the molecule is CCCCCCCCCCCCCCCCCC(=O)O[C@@H](COC(=O)CCCCCCCCCCCCCCCCCCCCC(C)CC)COC(=O)CCCCCCCCCCCCC(C)CC. The Bertz CT molecular complexity index is 1060. The molecule has 0 saturated carbocycles. The van der Waals surface area contributed by atoms with Crippen molar-refractivity contribution in [1.82, 2.24) is 0 Å². The number of rotatable bonds is 57. The molecule has 2 unspecified atom stereocenters. The molecule has 0 aliphatic rings. The number of hydrogen-bond donors (Lipinski definition) is 0. The smallest absolute Gasteiger partial charge is 0.306 e. The Labute approximate surface area is 431 Å². The highest BCUT2D eigenvalue weighted by molar-refractivity contribution is 5.71. The molecule has 0 aromatic rings. The Morgan fingerprint density at radius 1 is 0.290 bits per heavy atom. The van der Waals surface area contributed by atoms with Crippen LogP contribution >= 0.6 is 0 Å². The van der Waals surface area contributed by atoms with Crippen molar-refractivity contribution in [2.45, 2.75) is 362 Å². The molecule has 0 N–H and O–H groups in total. The number of ether oxygens (including phenoxy) is 3. The van der Waals surface area contributed by atoms with Gasteiger partial charge in [0.05, 0.1) is 0 Å². The molecule has 0 aromatic heterocycles. The lowest BCUT2D eigenvalue weighted by Gasteiger charge is -2.18. The predicted molar refractivity (Wildman–Crippen MR) is 298 cm³/mol. The highest BCUT2D eigenvalue weighted by Gasteiger charge is 2.19. The maximum Gasteiger partial charge on any atom is 0.306 e. The van der Waals surface area contributed by atoms with Gasteiger partial charge in [-0.05, 0) is 31.1 Å². The van der Waals surface area contributed by atoms with Crippen molar-refractivity contribution in [2.75, 3.05) is 13.2 Å². The number of unbranched alkanes of at least 4 members (excludes halogenated alkanes) is 40. The van der Waals surface area contributed by atoms with Crippen molar-refractivity contribution in [3.05, 3.63) is 0 Å². The van der Waals surface area contributed by atoms with Crippen molar-refractivity contribution >= 4 is 17.9 Å². The first-order chi connectivity index (χ1) is 33.8. The zero-order valence-corrected chi connectivity index (χ0v) is 47.5. The van der Waals surface area contributed by atoms with E-state index in [4.69, 9.17) is 14.2 Å². The lowest BCUT2D eigenvalue weighted by Crippen LogP contribution is -2.30. The van der Waals surface area contributed by atoms with Gasteiger partial charge in [0.25, 0.3) is 0 Å². The second-order valence-electron chi connectivity index (χ2n) is 22.2. The van der Waals surface area contributed by atoms with E-state index in [1.54, 1.807) is 0 Å². The number of hydrogen-bond acceptors (Lipinski definition) is 6. The quantitative estimate of drug-likeness (QED) is 0.0343. The van der Waals surface area contributed by atoms with Gasteiger partial charge in [0.2, 0.25) is 0 Å². The van der Waals surface area contributed by atoms with Crippen LogP contribution < -0.4 is 0 Å². The van der Waals surface area contributed by atoms with E-state index in [1.165, 1.54) is 244 Å². The molecule has 0 spiro atoms. The minimum atomic E-state index is -0.763. The summed E-state index contributed by atoms with van der Waals surface area (Å²) in [5.74, 6) is 0.945. The maximum absolute atomic E-state index is 12.9. The Hall–Kier alpha value is -1.59. The minimum Gasteiger partial charge on any atom is -0.462 e. The summed E-state index contributed by atoms with van der Waals surface area (Å²) in [5.41, 5.74) is 0. The highest BCUT2D eigenvalue weighted by atomic mass is 16.6. The Morgan fingerprint density at radius 3 is 0.754 bits per heavy atom. The van der Waals surface area contributed by atoms with Crippen LogP contribution in [0.4, 0.5) is 0 Å². The molecule has 0 aliphatic heterocycles. The molecule has 0 bridgehead atoms. The van der Waals surface area contributed by atoms with Gasteiger partial charge >= 0.3 is 17.9 Å². The fourth-order valence-electron chi connectivity index (χ4n) is 9.69. The monoisotopic (exact) mass is 975 g/mol. The summed E-state index contributed by atoms with van der Waals surface area (Å²) in [6.07, 6.45) is 60.9. The van der Waals surface area contributed by atoms with Crippen molar-refractivity contribution in [1.29, 1.82) is 0 Å². The molecule has 69 heavy (non-hydrogen) atoms. The van der Waals surface area contributed by atoms with Gasteiger partial charge in [-0.15, -0.1) is 0 Å². The molecule has 0 heterocycles. The van der Waals surface area contributed by atoms with E-state index < -0.39 is 6.10 Å². The van der Waals surface area contributed by atoms with E-state index >= 15 is 0 Å². The number of esters is 3. The molecule has 410 valence electrons. The Morgan fingerprint density at radius 2 is 0.507 bits per heavy atom. The fourth-order valence-corrected chi connectivity index (χ4v) is 9.69. The van der Waals surface area contributed by atoms with Gasteiger partial charge in [0.1, 0.15) is 13.2 Å². The summed E-state index contributed by atoms with van der Waals surface area (Å²) in [6, 6.07) is 0. The molecule has 0 saturated heterocycles. The molecular weight excluding hydrogens is 853 g/mol. The average Bonchev–Trinajstić information content (AvgIpc) is 3.35. The van der Waals surface area contributed by atoms with Crippen molar-refractivity contribution < 1.29 is 28.6 Å². The standard InChI is InChI=1S/C63H122O6/c1-6-9-10-11-12-13-14-15-20-25-28-35-40-45-50-55-63(66)69-60(57-68-62(65)54-49-44-39-34-30-29-32-37-42-47-52-59(5)8-3)56-67-61(64)53-48-43-38-33-27-24-22-19-17-16-18-21-23-26-31-36-41-46-51-58(4)7-2/h58-60H,6-57H2,1-5H3/t58?,59?,60-/m0/s1. The van der Waals surface area contributed by atoms with Crippen LogP contribution in [0, 0.1) is 11.8 Å². The van der Waals surface area contributed by atoms with Crippen LogP contribution in [0.15, 0.2) is 0 Å². The summed E-state index contributed by atoms with van der Waals surface area (Å²) < 4.78 is 16.9. The first-order valence-corrected chi connectivity index (χ1v) is 31.3. The van der Waals surface area contributed by atoms with Crippen LogP contribution in [0.5, 0.6) is 0 Å². The van der Waals surface area contributed by atoms with Crippen molar-refractivity contribution in [2.24, 2.45) is 11.8 Å². The van der Waals surface area contributed by atoms with E-state index in [0.717, 1.165) is 69.6 Å². The number of carbonyl (C=O) groups excluding carboxylic acids is 3. The van der Waals surface area contributed by atoms with Gasteiger partial charge in [-0.3, -0.25) is 14.4 Å². The Balaban J connectivity index is 4.25. The fraction of sp³-hybridized carbons (Fsp3) is 0.952. The van der Waals surface area contributed by atoms with Crippen LogP contribution in [0.3, 0.4) is 0 Å². The first-order valence-electron chi connectivity index (χ1n) is 31.3. The van der Waals surface area contributed by atoms with Gasteiger partial charge in [-0.25, -0.2) is 0 Å². The molecular formula is C63H122O6. The topological polar surface area (TPSA) is 78.9 Å². The third-order valence-electron chi connectivity index (χ3n) is 15.2. The molecule has 6 nitrogen and oxygen atoms in total. The van der Waals surface area contributed by atoms with Crippen LogP contribution in [-0.4, -0.2) is 37.2 Å². The molecule has 0 aromatic carbocycles. The van der Waals surface area contributed by atoms with Gasteiger partial charge in [0.15, 0.2) is 6.10 Å². The van der Waals surface area contributed by atoms with Crippen LogP contribution in [0.1, 0.15) is 356 Å². The van der Waals surface area contributed by atoms with E-state index in [2.05, 4.69) is 34.6 Å². The lowest BCUT2D eigenvalue weighted by molar-refractivity contribution is -0.167. The molecule has 0 aliphatic carbocycles.